The Morgan fingerprint density at radius 2 is 2.00 bits per heavy atom. The molecular weight excluding hydrogens is 370 g/mol. The van der Waals surface area contributed by atoms with Crippen LogP contribution in [-0.4, -0.2) is 46.9 Å². The normalized spacial score (nSPS) is 16.4. The first-order valence-corrected chi connectivity index (χ1v) is 9.49. The quantitative estimate of drug-likeness (QED) is 0.667. The first-order valence-electron chi connectivity index (χ1n) is 7.60. The highest BCUT2D eigenvalue weighted by atomic mass is 35.5. The molecule has 10 heteroatoms. The molecular formula is C15H24ClN3O5S. The molecule has 142 valence electrons. The maximum Gasteiger partial charge on any atom is 0.241 e. The third-order valence-electron chi connectivity index (χ3n) is 3.84. The Kier molecular flexibility index (Phi) is 7.94. The number of anilines is 2. The molecule has 0 aromatic heterocycles. The van der Waals surface area contributed by atoms with Gasteiger partial charge in [-0.15, -0.1) is 12.4 Å². The van der Waals surface area contributed by atoms with Crippen LogP contribution in [0.2, 0.25) is 0 Å². The molecule has 4 N–H and O–H groups in total. The SMILES string of the molecule is COc1cc(NC(=O)C(N)C2CCOCC2)ccc1NS(C)(=O)=O.Cl. The molecule has 0 aliphatic carbocycles. The van der Waals surface area contributed by atoms with Gasteiger partial charge in [-0.05, 0) is 30.9 Å². The van der Waals surface area contributed by atoms with E-state index in [2.05, 4.69) is 10.0 Å². The van der Waals surface area contributed by atoms with Crippen LogP contribution < -0.4 is 20.5 Å². The van der Waals surface area contributed by atoms with Crippen LogP contribution in [0.3, 0.4) is 0 Å². The third-order valence-corrected chi connectivity index (χ3v) is 4.43. The highest BCUT2D eigenvalue weighted by Crippen LogP contribution is 2.29. The summed E-state index contributed by atoms with van der Waals surface area (Å²) in [4.78, 5) is 12.3. The molecule has 1 unspecified atom stereocenters. The van der Waals surface area contributed by atoms with Crippen molar-refractivity contribution in [2.45, 2.75) is 18.9 Å². The number of ether oxygens (including phenoxy) is 2. The fourth-order valence-corrected chi connectivity index (χ4v) is 3.14. The number of sulfonamides is 1. The number of amides is 1. The molecule has 1 fully saturated rings. The number of hydrogen-bond acceptors (Lipinski definition) is 6. The molecule has 1 saturated heterocycles. The van der Waals surface area contributed by atoms with E-state index in [-0.39, 0.29) is 24.2 Å². The molecule has 25 heavy (non-hydrogen) atoms. The zero-order valence-corrected chi connectivity index (χ0v) is 15.8. The molecule has 8 nitrogen and oxygen atoms in total. The summed E-state index contributed by atoms with van der Waals surface area (Å²) in [6, 6.07) is 4.04. The molecule has 1 aromatic carbocycles. The summed E-state index contributed by atoms with van der Waals surface area (Å²) >= 11 is 0. The van der Waals surface area contributed by atoms with E-state index in [0.29, 0.717) is 30.3 Å². The lowest BCUT2D eigenvalue weighted by Crippen LogP contribution is -2.44. The Labute approximate surface area is 153 Å². The predicted molar refractivity (Wildman–Crippen MR) is 98.9 cm³/mol. The Bertz CT molecular complexity index is 692. The van der Waals surface area contributed by atoms with Crippen LogP contribution in [0.15, 0.2) is 18.2 Å². The second-order valence-electron chi connectivity index (χ2n) is 5.75. The third kappa shape index (κ3) is 6.35. The molecule has 0 bridgehead atoms. The van der Waals surface area contributed by atoms with Gasteiger partial charge in [-0.1, -0.05) is 0 Å². The second-order valence-corrected chi connectivity index (χ2v) is 7.50. The number of benzene rings is 1. The van der Waals surface area contributed by atoms with Crippen molar-refractivity contribution in [3.63, 3.8) is 0 Å². The fraction of sp³-hybridized carbons (Fsp3) is 0.533. The summed E-state index contributed by atoms with van der Waals surface area (Å²) in [5, 5.41) is 2.74. The van der Waals surface area contributed by atoms with Crippen molar-refractivity contribution in [1.82, 2.24) is 0 Å². The molecule has 1 atom stereocenters. The monoisotopic (exact) mass is 393 g/mol. The van der Waals surface area contributed by atoms with Crippen LogP contribution >= 0.6 is 12.4 Å². The highest BCUT2D eigenvalue weighted by molar-refractivity contribution is 7.92. The number of hydrogen-bond donors (Lipinski definition) is 3. The lowest BCUT2D eigenvalue weighted by Gasteiger charge is -2.26. The summed E-state index contributed by atoms with van der Waals surface area (Å²) in [7, 11) is -2.00. The number of rotatable bonds is 6. The summed E-state index contributed by atoms with van der Waals surface area (Å²) in [6.07, 6.45) is 2.57. The minimum atomic E-state index is -3.42. The lowest BCUT2D eigenvalue weighted by molar-refractivity contribution is -0.119. The van der Waals surface area contributed by atoms with E-state index >= 15 is 0 Å². The van der Waals surface area contributed by atoms with Gasteiger partial charge in [0.2, 0.25) is 15.9 Å². The molecule has 1 aromatic rings. The van der Waals surface area contributed by atoms with Gasteiger partial charge in [-0.25, -0.2) is 8.42 Å². The van der Waals surface area contributed by atoms with Crippen molar-refractivity contribution in [1.29, 1.82) is 0 Å². The van der Waals surface area contributed by atoms with Crippen molar-refractivity contribution in [3.8, 4) is 5.75 Å². The van der Waals surface area contributed by atoms with Crippen molar-refractivity contribution >= 4 is 39.7 Å². The fourth-order valence-electron chi connectivity index (χ4n) is 2.57. The van der Waals surface area contributed by atoms with Gasteiger partial charge >= 0.3 is 0 Å². The van der Waals surface area contributed by atoms with Crippen molar-refractivity contribution in [3.05, 3.63) is 18.2 Å². The molecule has 1 heterocycles. The summed E-state index contributed by atoms with van der Waals surface area (Å²) in [6.45, 7) is 1.23. The minimum Gasteiger partial charge on any atom is -0.494 e. The van der Waals surface area contributed by atoms with Gasteiger partial charge in [0, 0.05) is 25.0 Å². The molecule has 0 radical (unpaired) electrons. The maximum absolute atomic E-state index is 12.3. The number of nitrogens with one attached hydrogen (secondary N) is 2. The number of carbonyl (C=O) groups is 1. The van der Waals surface area contributed by atoms with Gasteiger partial charge in [0.05, 0.1) is 25.1 Å². The molecule has 2 rings (SSSR count). The average Bonchev–Trinajstić information content (AvgIpc) is 2.55. The van der Waals surface area contributed by atoms with E-state index in [1.807, 2.05) is 0 Å². The smallest absolute Gasteiger partial charge is 0.241 e. The van der Waals surface area contributed by atoms with Gasteiger partial charge in [-0.2, -0.15) is 0 Å². The Hall–Kier alpha value is -1.55. The van der Waals surface area contributed by atoms with E-state index in [9.17, 15) is 13.2 Å². The first kappa shape index (κ1) is 21.5. The van der Waals surface area contributed by atoms with Gasteiger partial charge < -0.3 is 20.5 Å². The summed E-state index contributed by atoms with van der Waals surface area (Å²) in [5.41, 5.74) is 6.82. The molecule has 0 saturated carbocycles. The maximum atomic E-state index is 12.3. The van der Waals surface area contributed by atoms with Crippen LogP contribution in [-0.2, 0) is 19.6 Å². The summed E-state index contributed by atoms with van der Waals surface area (Å²) in [5.74, 6) is 0.109. The largest absolute Gasteiger partial charge is 0.494 e. The van der Waals surface area contributed by atoms with Crippen molar-refractivity contribution < 1.29 is 22.7 Å². The number of nitrogens with two attached hydrogens (primary N) is 1. The van der Waals surface area contributed by atoms with Crippen molar-refractivity contribution in [2.24, 2.45) is 11.7 Å². The molecule has 1 aliphatic heterocycles. The second kappa shape index (κ2) is 9.23. The van der Waals surface area contributed by atoms with E-state index < -0.39 is 16.1 Å². The summed E-state index contributed by atoms with van der Waals surface area (Å²) < 4.78 is 35.5. The average molecular weight is 394 g/mol. The standard InChI is InChI=1S/C15H23N3O5S.ClH/c1-22-13-9-11(3-4-12(13)18-24(2,20)21)17-15(19)14(16)10-5-7-23-8-6-10;/h3-4,9-10,14,18H,5-8,16H2,1-2H3,(H,17,19);1H. The molecule has 1 amide bonds. The Balaban J connectivity index is 0.00000312. The first-order chi connectivity index (χ1) is 11.3. The Morgan fingerprint density at radius 3 is 2.56 bits per heavy atom. The Morgan fingerprint density at radius 1 is 1.36 bits per heavy atom. The van der Waals surface area contributed by atoms with Crippen LogP contribution in [0.1, 0.15) is 12.8 Å². The van der Waals surface area contributed by atoms with E-state index in [1.54, 1.807) is 12.1 Å². The highest BCUT2D eigenvalue weighted by Gasteiger charge is 2.26. The molecule has 0 spiro atoms. The van der Waals surface area contributed by atoms with Gasteiger partial charge in [-0.3, -0.25) is 9.52 Å². The topological polar surface area (TPSA) is 120 Å². The number of methoxy groups -OCH3 is 1. The van der Waals surface area contributed by atoms with Gasteiger partial charge in [0.15, 0.2) is 0 Å². The van der Waals surface area contributed by atoms with E-state index in [1.165, 1.54) is 13.2 Å². The van der Waals surface area contributed by atoms with Gasteiger partial charge in [0.25, 0.3) is 0 Å². The van der Waals surface area contributed by atoms with E-state index in [0.717, 1.165) is 19.1 Å². The zero-order chi connectivity index (χ0) is 17.7. The van der Waals surface area contributed by atoms with Crippen molar-refractivity contribution in [2.75, 3.05) is 36.6 Å². The number of halogens is 1. The molecule has 1 aliphatic rings. The van der Waals surface area contributed by atoms with Crippen LogP contribution in [0, 0.1) is 5.92 Å². The van der Waals surface area contributed by atoms with Crippen LogP contribution in [0.4, 0.5) is 11.4 Å². The van der Waals surface area contributed by atoms with Crippen LogP contribution in [0.5, 0.6) is 5.75 Å². The minimum absolute atomic E-state index is 0. The van der Waals surface area contributed by atoms with Crippen LogP contribution in [0.25, 0.3) is 0 Å². The van der Waals surface area contributed by atoms with E-state index in [4.69, 9.17) is 15.2 Å². The zero-order valence-electron chi connectivity index (χ0n) is 14.2. The predicted octanol–water partition coefficient (Wildman–Crippen LogP) is 1.18. The lowest BCUT2D eigenvalue weighted by atomic mass is 9.92. The number of carbonyl (C=O) groups excluding carboxylic acids is 1. The van der Waals surface area contributed by atoms with Gasteiger partial charge in [0.1, 0.15) is 5.75 Å².